The van der Waals surface area contributed by atoms with Gasteiger partial charge in [0.2, 0.25) is 11.8 Å². The number of carbonyl (C=O) groups excluding carboxylic acids is 5. The molecular weight excluding hydrogens is 686 g/mol. The second-order valence-electron chi connectivity index (χ2n) is 14.6. The summed E-state index contributed by atoms with van der Waals surface area (Å²) in [5.41, 5.74) is 10.9. The molecule has 4 aromatic rings. The van der Waals surface area contributed by atoms with Gasteiger partial charge >= 0.3 is 0 Å². The molecule has 4 aliphatic heterocycles. The number of nitrogens with two attached hydrogens (primary N) is 1. The zero-order valence-corrected chi connectivity index (χ0v) is 29.8. The Labute approximate surface area is 312 Å². The van der Waals surface area contributed by atoms with Gasteiger partial charge in [0.15, 0.2) is 11.5 Å². The number of fused-ring (bicyclic) bond motifs is 1. The van der Waals surface area contributed by atoms with Crippen LogP contribution in [0.5, 0.6) is 0 Å². The summed E-state index contributed by atoms with van der Waals surface area (Å²) in [6.45, 7) is 4.82. The normalized spacial score (nSPS) is 20.7. The quantitative estimate of drug-likeness (QED) is 0.229. The number of hydrogen-bond donors (Lipinski definition) is 2. The molecule has 3 fully saturated rings. The first kappa shape index (κ1) is 35.2. The van der Waals surface area contributed by atoms with E-state index in [0.717, 1.165) is 73.7 Å². The number of nitrogens with one attached hydrogen (secondary N) is 1. The minimum Gasteiger partial charge on any atom is -0.371 e. The Kier molecular flexibility index (Phi) is 9.67. The predicted molar refractivity (Wildman–Crippen MR) is 197 cm³/mol. The summed E-state index contributed by atoms with van der Waals surface area (Å²) >= 11 is 0. The van der Waals surface area contributed by atoms with Crippen LogP contribution < -0.4 is 16.0 Å². The maximum absolute atomic E-state index is 13.3. The molecular formula is C40H41N9O5. The van der Waals surface area contributed by atoms with E-state index in [4.69, 9.17) is 5.73 Å². The third-order valence-electron chi connectivity index (χ3n) is 11.2. The first-order chi connectivity index (χ1) is 26.2. The van der Waals surface area contributed by atoms with E-state index in [9.17, 15) is 24.0 Å². The highest BCUT2D eigenvalue weighted by atomic mass is 16.2. The molecule has 2 unspecified atom stereocenters. The van der Waals surface area contributed by atoms with Crippen molar-refractivity contribution in [3.05, 3.63) is 101 Å². The topological polar surface area (TPSA) is 185 Å². The highest BCUT2D eigenvalue weighted by molar-refractivity contribution is 6.23. The third kappa shape index (κ3) is 7.08. The van der Waals surface area contributed by atoms with Crippen LogP contribution in [0.2, 0.25) is 0 Å². The average molecular weight is 728 g/mol. The molecule has 8 rings (SSSR count). The Bertz CT molecular complexity index is 2120. The molecule has 276 valence electrons. The summed E-state index contributed by atoms with van der Waals surface area (Å²) in [4.78, 5) is 77.1. The Balaban J connectivity index is 0.821. The molecule has 2 aromatic carbocycles. The highest BCUT2D eigenvalue weighted by Gasteiger charge is 2.45. The van der Waals surface area contributed by atoms with E-state index in [2.05, 4.69) is 59.5 Å². The molecule has 6 heterocycles. The Morgan fingerprint density at radius 2 is 1.67 bits per heavy atom. The van der Waals surface area contributed by atoms with Crippen LogP contribution in [0.25, 0.3) is 11.4 Å². The second kappa shape index (κ2) is 14.9. The number of likely N-dealkylation sites (tertiary alicyclic amines) is 1. The van der Waals surface area contributed by atoms with Crippen molar-refractivity contribution in [3.63, 3.8) is 0 Å². The van der Waals surface area contributed by atoms with Crippen LogP contribution in [-0.2, 0) is 22.4 Å². The molecule has 0 bridgehead atoms. The van der Waals surface area contributed by atoms with Crippen molar-refractivity contribution in [2.75, 3.05) is 37.6 Å². The zero-order chi connectivity index (χ0) is 37.3. The monoisotopic (exact) mass is 727 g/mol. The van der Waals surface area contributed by atoms with Gasteiger partial charge in [-0.2, -0.15) is 0 Å². The van der Waals surface area contributed by atoms with Crippen molar-refractivity contribution in [3.8, 4) is 11.4 Å². The van der Waals surface area contributed by atoms with Crippen molar-refractivity contribution < 1.29 is 24.0 Å². The second-order valence-corrected chi connectivity index (χ2v) is 14.6. The van der Waals surface area contributed by atoms with E-state index in [-0.39, 0.29) is 24.4 Å². The zero-order valence-electron chi connectivity index (χ0n) is 29.8. The molecule has 5 amide bonds. The molecule has 4 aliphatic rings. The van der Waals surface area contributed by atoms with Crippen molar-refractivity contribution >= 4 is 35.2 Å². The number of anilines is 1. The molecule has 14 heteroatoms. The van der Waals surface area contributed by atoms with Gasteiger partial charge in [0, 0.05) is 49.7 Å². The molecule has 3 N–H and O–H groups in total. The molecule has 0 radical (unpaired) electrons. The number of primary amides is 1. The van der Waals surface area contributed by atoms with E-state index >= 15 is 0 Å². The number of imide groups is 2. The van der Waals surface area contributed by atoms with Crippen LogP contribution in [0.4, 0.5) is 5.69 Å². The van der Waals surface area contributed by atoms with Crippen molar-refractivity contribution in [1.82, 2.24) is 35.3 Å². The van der Waals surface area contributed by atoms with Gasteiger partial charge in [-0.25, -0.2) is 4.98 Å². The molecule has 0 saturated carbocycles. The van der Waals surface area contributed by atoms with Gasteiger partial charge < -0.3 is 15.5 Å². The molecule has 54 heavy (non-hydrogen) atoms. The van der Waals surface area contributed by atoms with Gasteiger partial charge in [-0.05, 0) is 105 Å². The first-order valence-electron chi connectivity index (χ1n) is 18.6. The minimum atomic E-state index is -0.968. The summed E-state index contributed by atoms with van der Waals surface area (Å²) in [5, 5.41) is 10.4. The van der Waals surface area contributed by atoms with Crippen LogP contribution in [0.1, 0.15) is 86.0 Å². The number of aromatic nitrogens is 4. The van der Waals surface area contributed by atoms with Gasteiger partial charge in [0.1, 0.15) is 6.04 Å². The standard InChI is InChI=1S/C40H41N9O5/c41-36(51)35-32(43-37(46-45-35)28-2-1-16-42-21-28)10-5-24-3-6-26(7-4-24)27-14-17-47(18-15-27)22-25-13-19-48(23-25)29-8-9-30-31(20-29)40(54)49(39(30)53)33-11-12-34(50)44-38(33)52/h1-4,6-9,16,20-21,25,27,33H,5,10-15,17-19,22-23H2,(H2,41,51)(H,44,50,52). The molecule has 14 nitrogen and oxygen atoms in total. The number of amides is 5. The summed E-state index contributed by atoms with van der Waals surface area (Å²) in [6, 6.07) is 16.8. The maximum atomic E-state index is 13.3. The van der Waals surface area contributed by atoms with Crippen molar-refractivity contribution in [2.24, 2.45) is 11.7 Å². The van der Waals surface area contributed by atoms with Crippen molar-refractivity contribution in [1.29, 1.82) is 0 Å². The molecule has 2 aromatic heterocycles. The lowest BCUT2D eigenvalue weighted by Gasteiger charge is -2.34. The summed E-state index contributed by atoms with van der Waals surface area (Å²) in [6.07, 6.45) is 7.98. The fourth-order valence-electron chi connectivity index (χ4n) is 8.25. The van der Waals surface area contributed by atoms with E-state index in [1.54, 1.807) is 30.6 Å². The fourth-order valence-corrected chi connectivity index (χ4v) is 8.25. The smallest absolute Gasteiger partial charge is 0.271 e. The van der Waals surface area contributed by atoms with Gasteiger partial charge in [0.05, 0.1) is 16.8 Å². The lowest BCUT2D eigenvalue weighted by Crippen LogP contribution is -2.54. The third-order valence-corrected chi connectivity index (χ3v) is 11.2. The number of benzene rings is 2. The SMILES string of the molecule is NC(=O)c1nnc(-c2cccnc2)nc1CCc1ccc(C2CCN(CC3CCN(c4ccc5c(c4)C(=O)N(C4CCC(=O)NC4=O)C5=O)C3)CC2)cc1. The van der Waals surface area contributed by atoms with E-state index < -0.39 is 29.7 Å². The summed E-state index contributed by atoms with van der Waals surface area (Å²) in [7, 11) is 0. The molecule has 0 aliphatic carbocycles. The summed E-state index contributed by atoms with van der Waals surface area (Å²) in [5.74, 6) is -1.20. The number of carbonyl (C=O) groups is 5. The number of aryl methyl sites for hydroxylation is 2. The van der Waals surface area contributed by atoms with Crippen LogP contribution in [0.3, 0.4) is 0 Å². The number of nitrogens with zero attached hydrogens (tertiary/aromatic N) is 7. The Morgan fingerprint density at radius 3 is 2.41 bits per heavy atom. The lowest BCUT2D eigenvalue weighted by atomic mass is 9.88. The van der Waals surface area contributed by atoms with Crippen LogP contribution in [-0.4, -0.2) is 98.3 Å². The Morgan fingerprint density at radius 1 is 0.870 bits per heavy atom. The van der Waals surface area contributed by atoms with Gasteiger partial charge in [-0.15, -0.1) is 10.2 Å². The number of piperidine rings is 2. The van der Waals surface area contributed by atoms with Crippen LogP contribution in [0, 0.1) is 5.92 Å². The van der Waals surface area contributed by atoms with E-state index in [1.165, 1.54) is 5.56 Å². The number of hydrogen-bond acceptors (Lipinski definition) is 11. The van der Waals surface area contributed by atoms with Crippen LogP contribution >= 0.6 is 0 Å². The number of pyridine rings is 1. The van der Waals surface area contributed by atoms with Gasteiger partial charge in [0.25, 0.3) is 17.7 Å². The van der Waals surface area contributed by atoms with E-state index in [0.29, 0.717) is 47.3 Å². The lowest BCUT2D eigenvalue weighted by molar-refractivity contribution is -0.136. The van der Waals surface area contributed by atoms with Gasteiger partial charge in [-0.3, -0.25) is 39.2 Å². The predicted octanol–water partition coefficient (Wildman–Crippen LogP) is 2.92. The number of rotatable bonds is 10. The maximum Gasteiger partial charge on any atom is 0.271 e. The fraction of sp³-hybridized carbons (Fsp3) is 0.375. The summed E-state index contributed by atoms with van der Waals surface area (Å²) < 4.78 is 0. The first-order valence-corrected chi connectivity index (χ1v) is 18.6. The molecule has 0 spiro atoms. The largest absolute Gasteiger partial charge is 0.371 e. The average Bonchev–Trinajstić information content (AvgIpc) is 3.76. The van der Waals surface area contributed by atoms with Gasteiger partial charge in [-0.1, -0.05) is 24.3 Å². The molecule has 2 atom stereocenters. The Hall–Kier alpha value is -5.89. The highest BCUT2D eigenvalue weighted by Crippen LogP contribution is 2.34. The van der Waals surface area contributed by atoms with Crippen LogP contribution in [0.15, 0.2) is 67.0 Å². The van der Waals surface area contributed by atoms with E-state index in [1.807, 2.05) is 12.1 Å². The van der Waals surface area contributed by atoms with Crippen molar-refractivity contribution in [2.45, 2.75) is 56.9 Å². The minimum absolute atomic E-state index is 0.0915. The molecule has 3 saturated heterocycles.